The van der Waals surface area contributed by atoms with Gasteiger partial charge in [0.1, 0.15) is 11.6 Å². The predicted molar refractivity (Wildman–Crippen MR) is 110 cm³/mol. The van der Waals surface area contributed by atoms with Crippen LogP contribution >= 0.6 is 11.3 Å². The maximum atomic E-state index is 11.8. The Morgan fingerprint density at radius 2 is 1.82 bits per heavy atom. The normalized spacial score (nSPS) is 10.3. The standard InChI is InChI=1S/C21H21N3O3S/c1-15(25)23-18-9-7-17(8-10-18)20-24-19(14-28-20)11-12-22-21(26)27-13-16-5-3-2-4-6-16/h2-10,14H,11-13H2,1H3,(H,22,26)(H,23,25). The Hall–Kier alpha value is -3.19. The number of amides is 2. The van der Waals surface area contributed by atoms with Crippen LogP contribution in [0.1, 0.15) is 18.2 Å². The zero-order valence-electron chi connectivity index (χ0n) is 15.5. The number of rotatable bonds is 7. The summed E-state index contributed by atoms with van der Waals surface area (Å²) in [5.74, 6) is -0.0981. The lowest BCUT2D eigenvalue weighted by atomic mass is 10.2. The second kappa shape index (κ2) is 9.66. The van der Waals surface area contributed by atoms with E-state index in [-0.39, 0.29) is 12.5 Å². The number of nitrogens with one attached hydrogen (secondary N) is 2. The van der Waals surface area contributed by atoms with Gasteiger partial charge in [0.2, 0.25) is 5.91 Å². The first-order chi connectivity index (χ1) is 13.6. The number of carbonyl (C=O) groups excluding carboxylic acids is 2. The largest absolute Gasteiger partial charge is 0.445 e. The summed E-state index contributed by atoms with van der Waals surface area (Å²) >= 11 is 1.55. The lowest BCUT2D eigenvalue weighted by Crippen LogP contribution is -2.26. The number of carbonyl (C=O) groups is 2. The van der Waals surface area contributed by atoms with Crippen molar-refractivity contribution in [1.29, 1.82) is 0 Å². The Morgan fingerprint density at radius 1 is 1.07 bits per heavy atom. The highest BCUT2D eigenvalue weighted by molar-refractivity contribution is 7.13. The molecule has 0 aliphatic carbocycles. The van der Waals surface area contributed by atoms with E-state index in [0.29, 0.717) is 13.0 Å². The molecule has 144 valence electrons. The highest BCUT2D eigenvalue weighted by atomic mass is 32.1. The van der Waals surface area contributed by atoms with Gasteiger partial charge in [-0.1, -0.05) is 30.3 Å². The molecule has 1 heterocycles. The smallest absolute Gasteiger partial charge is 0.407 e. The van der Waals surface area contributed by atoms with Gasteiger partial charge in [-0.15, -0.1) is 11.3 Å². The lowest BCUT2D eigenvalue weighted by molar-refractivity contribution is -0.114. The number of thiazole rings is 1. The van der Waals surface area contributed by atoms with Gasteiger partial charge in [-0.05, 0) is 29.8 Å². The number of hydrogen-bond donors (Lipinski definition) is 2. The fourth-order valence-electron chi connectivity index (χ4n) is 2.52. The molecule has 0 fully saturated rings. The fraction of sp³-hybridized carbons (Fsp3) is 0.190. The van der Waals surface area contributed by atoms with E-state index in [4.69, 9.17) is 4.74 Å². The predicted octanol–water partition coefficient (Wildman–Crippen LogP) is 4.24. The second-order valence-electron chi connectivity index (χ2n) is 6.14. The number of ether oxygens (including phenoxy) is 1. The summed E-state index contributed by atoms with van der Waals surface area (Å²) < 4.78 is 5.18. The first kappa shape index (κ1) is 19.6. The molecule has 0 aliphatic heterocycles. The van der Waals surface area contributed by atoms with Gasteiger partial charge in [-0.2, -0.15) is 0 Å². The van der Waals surface area contributed by atoms with Crippen molar-refractivity contribution in [2.75, 3.05) is 11.9 Å². The SMILES string of the molecule is CC(=O)Nc1ccc(-c2nc(CCNC(=O)OCc3ccccc3)cs2)cc1. The van der Waals surface area contributed by atoms with E-state index < -0.39 is 6.09 Å². The highest BCUT2D eigenvalue weighted by Crippen LogP contribution is 2.25. The minimum atomic E-state index is -0.437. The van der Waals surface area contributed by atoms with E-state index in [9.17, 15) is 9.59 Å². The lowest BCUT2D eigenvalue weighted by Gasteiger charge is -2.06. The summed E-state index contributed by atoms with van der Waals surface area (Å²) in [4.78, 5) is 27.4. The van der Waals surface area contributed by atoms with Crippen LogP contribution in [-0.2, 0) is 22.6 Å². The number of benzene rings is 2. The van der Waals surface area contributed by atoms with E-state index in [1.807, 2.05) is 60.0 Å². The molecule has 0 radical (unpaired) electrons. The molecule has 0 unspecified atom stereocenters. The van der Waals surface area contributed by atoms with Gasteiger partial charge in [0.05, 0.1) is 5.69 Å². The molecule has 0 atom stereocenters. The van der Waals surface area contributed by atoms with Crippen LogP contribution in [0, 0.1) is 0 Å². The van der Waals surface area contributed by atoms with Gasteiger partial charge in [0.25, 0.3) is 0 Å². The van der Waals surface area contributed by atoms with Crippen LogP contribution < -0.4 is 10.6 Å². The van der Waals surface area contributed by atoms with Gasteiger partial charge < -0.3 is 15.4 Å². The molecule has 7 heteroatoms. The summed E-state index contributed by atoms with van der Waals surface area (Å²) in [5.41, 5.74) is 3.60. The van der Waals surface area contributed by atoms with Gasteiger partial charge in [0.15, 0.2) is 0 Å². The molecule has 2 aromatic carbocycles. The third-order valence-corrected chi connectivity index (χ3v) is 4.81. The molecule has 2 amide bonds. The Kier molecular flexibility index (Phi) is 6.75. The van der Waals surface area contributed by atoms with Gasteiger partial charge in [-0.3, -0.25) is 4.79 Å². The minimum absolute atomic E-state index is 0.0981. The van der Waals surface area contributed by atoms with Gasteiger partial charge in [-0.25, -0.2) is 9.78 Å². The molecule has 3 aromatic rings. The number of hydrogen-bond acceptors (Lipinski definition) is 5. The second-order valence-corrected chi connectivity index (χ2v) is 7.00. The van der Waals surface area contributed by atoms with Crippen molar-refractivity contribution >= 4 is 29.0 Å². The van der Waals surface area contributed by atoms with Crippen molar-refractivity contribution in [2.24, 2.45) is 0 Å². The minimum Gasteiger partial charge on any atom is -0.445 e. The average molecular weight is 395 g/mol. The Morgan fingerprint density at radius 3 is 2.54 bits per heavy atom. The zero-order chi connectivity index (χ0) is 19.8. The molecule has 0 bridgehead atoms. The summed E-state index contributed by atoms with van der Waals surface area (Å²) in [5, 5.41) is 8.36. The van der Waals surface area contributed by atoms with Gasteiger partial charge in [0, 0.05) is 36.5 Å². The first-order valence-corrected chi connectivity index (χ1v) is 9.75. The molecule has 0 spiro atoms. The van der Waals surface area contributed by atoms with Crippen molar-refractivity contribution in [1.82, 2.24) is 10.3 Å². The van der Waals surface area contributed by atoms with Crippen LogP contribution in [0.2, 0.25) is 0 Å². The zero-order valence-corrected chi connectivity index (χ0v) is 16.3. The summed E-state index contributed by atoms with van der Waals surface area (Å²) in [6.07, 6.45) is 0.189. The summed E-state index contributed by atoms with van der Waals surface area (Å²) in [6.45, 7) is 2.19. The molecule has 0 aliphatic rings. The Labute approximate surface area is 167 Å². The Balaban J connectivity index is 1.44. The maximum absolute atomic E-state index is 11.8. The van der Waals surface area contributed by atoms with Crippen LogP contribution in [0.4, 0.5) is 10.5 Å². The average Bonchev–Trinajstić information content (AvgIpc) is 3.16. The van der Waals surface area contributed by atoms with E-state index >= 15 is 0 Å². The molecule has 3 rings (SSSR count). The third-order valence-electron chi connectivity index (χ3n) is 3.87. The van der Waals surface area contributed by atoms with E-state index in [2.05, 4.69) is 15.6 Å². The molecule has 28 heavy (non-hydrogen) atoms. The first-order valence-electron chi connectivity index (χ1n) is 8.87. The van der Waals surface area contributed by atoms with Gasteiger partial charge >= 0.3 is 6.09 Å². The third kappa shape index (κ3) is 5.92. The van der Waals surface area contributed by atoms with E-state index in [1.54, 1.807) is 11.3 Å². The number of nitrogens with zero attached hydrogens (tertiary/aromatic N) is 1. The molecular weight excluding hydrogens is 374 g/mol. The molecule has 0 saturated carbocycles. The highest BCUT2D eigenvalue weighted by Gasteiger charge is 2.07. The van der Waals surface area contributed by atoms with Crippen LogP contribution in [0.5, 0.6) is 0 Å². The molecule has 6 nitrogen and oxygen atoms in total. The topological polar surface area (TPSA) is 80.3 Å². The van der Waals surface area contributed by atoms with Crippen LogP contribution in [0.15, 0.2) is 60.0 Å². The number of alkyl carbamates (subject to hydrolysis) is 1. The molecular formula is C21H21N3O3S. The monoisotopic (exact) mass is 395 g/mol. The van der Waals surface area contributed by atoms with E-state index in [1.165, 1.54) is 6.92 Å². The molecule has 0 saturated heterocycles. The Bertz CT molecular complexity index is 924. The van der Waals surface area contributed by atoms with Crippen LogP contribution in [0.3, 0.4) is 0 Å². The molecule has 2 N–H and O–H groups in total. The van der Waals surface area contributed by atoms with Crippen LogP contribution in [-0.4, -0.2) is 23.5 Å². The number of anilines is 1. The van der Waals surface area contributed by atoms with Crippen LogP contribution in [0.25, 0.3) is 10.6 Å². The van der Waals surface area contributed by atoms with Crippen molar-refractivity contribution in [3.05, 3.63) is 71.2 Å². The molecule has 1 aromatic heterocycles. The van der Waals surface area contributed by atoms with Crippen molar-refractivity contribution in [3.63, 3.8) is 0 Å². The summed E-state index contributed by atoms with van der Waals surface area (Å²) in [7, 11) is 0. The van der Waals surface area contributed by atoms with E-state index in [0.717, 1.165) is 27.5 Å². The fourth-order valence-corrected chi connectivity index (χ4v) is 3.38. The van der Waals surface area contributed by atoms with Crippen molar-refractivity contribution < 1.29 is 14.3 Å². The summed E-state index contributed by atoms with van der Waals surface area (Å²) in [6, 6.07) is 17.1. The maximum Gasteiger partial charge on any atom is 0.407 e. The van der Waals surface area contributed by atoms with Crippen molar-refractivity contribution in [2.45, 2.75) is 20.0 Å². The quantitative estimate of drug-likeness (QED) is 0.627. The van der Waals surface area contributed by atoms with Crippen molar-refractivity contribution in [3.8, 4) is 10.6 Å². The number of aromatic nitrogens is 1.